The Morgan fingerprint density at radius 2 is 2.00 bits per heavy atom. The molecule has 0 aromatic heterocycles. The van der Waals surface area contributed by atoms with Crippen LogP contribution in [0.5, 0.6) is 0 Å². The van der Waals surface area contributed by atoms with E-state index in [-0.39, 0.29) is 0 Å². The van der Waals surface area contributed by atoms with Crippen LogP contribution >= 0.6 is 0 Å². The summed E-state index contributed by atoms with van der Waals surface area (Å²) in [5.74, 6) is 7.14. The minimum atomic E-state index is 0.725. The molecule has 0 bridgehead atoms. The van der Waals surface area contributed by atoms with Crippen LogP contribution in [0.2, 0.25) is 0 Å². The average molecular weight is 316 g/mol. The molecular weight excluding hydrogens is 296 g/mol. The zero-order valence-electron chi connectivity index (χ0n) is 13.7. The van der Waals surface area contributed by atoms with Crippen LogP contribution in [0.1, 0.15) is 29.2 Å². The number of nitrogens with one attached hydrogen (secondary N) is 2. The highest BCUT2D eigenvalue weighted by Crippen LogP contribution is 2.06. The molecule has 0 spiro atoms. The third-order valence-corrected chi connectivity index (χ3v) is 3.66. The number of benzene rings is 2. The predicted molar refractivity (Wildman–Crippen MR) is 99.3 cm³/mol. The van der Waals surface area contributed by atoms with Gasteiger partial charge in [0.1, 0.15) is 0 Å². The maximum Gasteiger partial charge on any atom is 0.212 e. The third kappa shape index (κ3) is 4.47. The quantitative estimate of drug-likeness (QED) is 0.519. The second kappa shape index (κ2) is 7.98. The van der Waals surface area contributed by atoms with Crippen molar-refractivity contribution in [3.63, 3.8) is 0 Å². The zero-order chi connectivity index (χ0) is 16.6. The van der Waals surface area contributed by atoms with Crippen LogP contribution < -0.4 is 10.7 Å². The molecule has 0 fully saturated rings. The van der Waals surface area contributed by atoms with E-state index in [1.54, 1.807) is 6.21 Å². The molecule has 4 nitrogen and oxygen atoms in total. The van der Waals surface area contributed by atoms with E-state index in [1.807, 2.05) is 30.3 Å². The maximum absolute atomic E-state index is 4.21. The second-order valence-electron chi connectivity index (χ2n) is 5.45. The largest absolute Gasteiger partial charge is 0.353 e. The first-order chi connectivity index (χ1) is 11.8. The van der Waals surface area contributed by atoms with Gasteiger partial charge in [-0.3, -0.25) is 0 Å². The summed E-state index contributed by atoms with van der Waals surface area (Å²) in [4.78, 5) is 4.21. The normalized spacial score (nSPS) is 13.1. The van der Waals surface area contributed by atoms with Crippen LogP contribution in [0.25, 0.3) is 0 Å². The standard InChI is InChI=1S/C20H20N4/c1-2-16-4-3-5-18(14-16)9-6-17-7-10-19(11-8-17)15-23-24-20-21-12-13-22-20/h3-5,7-8,10-11,14-15H,2,12-13H2,1H3,(H2,21,22,24)/b23-15+. The Bertz CT molecular complexity index is 808. The summed E-state index contributed by atoms with van der Waals surface area (Å²) in [5, 5.41) is 7.26. The molecule has 120 valence electrons. The molecule has 0 atom stereocenters. The first-order valence-corrected chi connectivity index (χ1v) is 8.12. The van der Waals surface area contributed by atoms with E-state index in [4.69, 9.17) is 0 Å². The van der Waals surface area contributed by atoms with Gasteiger partial charge in [-0.1, -0.05) is 43.0 Å². The second-order valence-corrected chi connectivity index (χ2v) is 5.45. The molecule has 24 heavy (non-hydrogen) atoms. The molecule has 2 N–H and O–H groups in total. The molecule has 0 saturated carbocycles. The van der Waals surface area contributed by atoms with E-state index in [1.165, 1.54) is 5.56 Å². The van der Waals surface area contributed by atoms with Crippen molar-refractivity contribution in [2.45, 2.75) is 13.3 Å². The van der Waals surface area contributed by atoms with Crippen LogP contribution in [-0.2, 0) is 6.42 Å². The van der Waals surface area contributed by atoms with Crippen LogP contribution in [0.15, 0.2) is 58.6 Å². The lowest BCUT2D eigenvalue weighted by atomic mass is 10.1. The number of hydrogen-bond donors (Lipinski definition) is 2. The lowest BCUT2D eigenvalue weighted by Crippen LogP contribution is -2.30. The van der Waals surface area contributed by atoms with Crippen molar-refractivity contribution in [3.05, 3.63) is 70.8 Å². The summed E-state index contributed by atoms with van der Waals surface area (Å²) in [6.45, 7) is 3.82. The fraction of sp³-hybridized carbons (Fsp3) is 0.200. The molecule has 0 saturated heterocycles. The van der Waals surface area contributed by atoms with Gasteiger partial charge in [-0.25, -0.2) is 10.4 Å². The number of rotatable bonds is 3. The van der Waals surface area contributed by atoms with Gasteiger partial charge in [0.2, 0.25) is 5.96 Å². The number of hydrogen-bond acceptors (Lipinski definition) is 4. The SMILES string of the molecule is CCc1cccc(C#Cc2ccc(/C=N/NC3=NCCN3)cc2)c1. The van der Waals surface area contributed by atoms with Crippen LogP contribution in [0.4, 0.5) is 0 Å². The summed E-state index contributed by atoms with van der Waals surface area (Å²) in [6, 6.07) is 16.4. The smallest absolute Gasteiger partial charge is 0.212 e. The first-order valence-electron chi connectivity index (χ1n) is 8.12. The minimum Gasteiger partial charge on any atom is -0.353 e. The minimum absolute atomic E-state index is 0.725. The van der Waals surface area contributed by atoms with E-state index < -0.39 is 0 Å². The molecule has 0 amide bonds. The molecule has 0 aliphatic carbocycles. The molecular formula is C20H20N4. The lowest BCUT2D eigenvalue weighted by molar-refractivity contribution is 0.920. The van der Waals surface area contributed by atoms with Crippen molar-refractivity contribution < 1.29 is 0 Å². The molecule has 1 aliphatic rings. The topological polar surface area (TPSA) is 48.8 Å². The van der Waals surface area contributed by atoms with Crippen molar-refractivity contribution in [2.24, 2.45) is 10.1 Å². The Hall–Kier alpha value is -3.06. The Kier molecular flexibility index (Phi) is 5.26. The number of aliphatic imine (C=N–C) groups is 1. The van der Waals surface area contributed by atoms with Gasteiger partial charge in [-0.05, 0) is 41.8 Å². The van der Waals surface area contributed by atoms with E-state index in [2.05, 4.69) is 57.8 Å². The van der Waals surface area contributed by atoms with Crippen molar-refractivity contribution in [1.82, 2.24) is 10.7 Å². The fourth-order valence-electron chi connectivity index (χ4n) is 2.31. The molecule has 2 aromatic rings. The van der Waals surface area contributed by atoms with E-state index >= 15 is 0 Å². The fourth-order valence-corrected chi connectivity index (χ4v) is 2.31. The van der Waals surface area contributed by atoms with Gasteiger partial charge in [0, 0.05) is 17.7 Å². The summed E-state index contributed by atoms with van der Waals surface area (Å²) in [7, 11) is 0. The lowest BCUT2D eigenvalue weighted by Gasteiger charge is -1.99. The van der Waals surface area contributed by atoms with Gasteiger partial charge in [-0.2, -0.15) is 5.10 Å². The summed E-state index contributed by atoms with van der Waals surface area (Å²) < 4.78 is 0. The van der Waals surface area contributed by atoms with Gasteiger partial charge in [0.15, 0.2) is 0 Å². The molecule has 1 heterocycles. The highest BCUT2D eigenvalue weighted by Gasteiger charge is 2.01. The number of nitrogens with zero attached hydrogens (tertiary/aromatic N) is 2. The number of hydrazone groups is 1. The summed E-state index contributed by atoms with van der Waals surface area (Å²) in [6.07, 6.45) is 2.80. The van der Waals surface area contributed by atoms with Gasteiger partial charge < -0.3 is 5.32 Å². The van der Waals surface area contributed by atoms with Gasteiger partial charge in [-0.15, -0.1) is 0 Å². The Morgan fingerprint density at radius 3 is 2.75 bits per heavy atom. The maximum atomic E-state index is 4.21. The van der Waals surface area contributed by atoms with Gasteiger partial charge in [0.05, 0.1) is 12.8 Å². The van der Waals surface area contributed by atoms with Crippen molar-refractivity contribution in [2.75, 3.05) is 13.1 Å². The van der Waals surface area contributed by atoms with Crippen molar-refractivity contribution in [1.29, 1.82) is 0 Å². The van der Waals surface area contributed by atoms with Gasteiger partial charge in [0.25, 0.3) is 0 Å². The molecule has 0 unspecified atom stereocenters. The first kappa shape index (κ1) is 15.8. The molecule has 0 radical (unpaired) electrons. The molecule has 1 aliphatic heterocycles. The Balaban J connectivity index is 1.62. The highest BCUT2D eigenvalue weighted by atomic mass is 15.4. The van der Waals surface area contributed by atoms with E-state index in [9.17, 15) is 0 Å². The summed E-state index contributed by atoms with van der Waals surface area (Å²) in [5.41, 5.74) is 7.24. The monoisotopic (exact) mass is 316 g/mol. The zero-order valence-corrected chi connectivity index (χ0v) is 13.7. The number of guanidine groups is 1. The van der Waals surface area contributed by atoms with Crippen molar-refractivity contribution >= 4 is 12.2 Å². The third-order valence-electron chi connectivity index (χ3n) is 3.66. The Labute approximate surface area is 142 Å². The highest BCUT2D eigenvalue weighted by molar-refractivity contribution is 5.84. The van der Waals surface area contributed by atoms with Crippen molar-refractivity contribution in [3.8, 4) is 11.8 Å². The van der Waals surface area contributed by atoms with Crippen LogP contribution in [0, 0.1) is 11.8 Å². The molecule has 4 heteroatoms. The number of aryl methyl sites for hydroxylation is 1. The molecule has 3 rings (SSSR count). The Morgan fingerprint density at radius 1 is 1.17 bits per heavy atom. The van der Waals surface area contributed by atoms with E-state index in [0.29, 0.717) is 0 Å². The summed E-state index contributed by atoms with van der Waals surface area (Å²) >= 11 is 0. The van der Waals surface area contributed by atoms with E-state index in [0.717, 1.165) is 42.2 Å². The average Bonchev–Trinajstić information content (AvgIpc) is 3.15. The van der Waals surface area contributed by atoms with Gasteiger partial charge >= 0.3 is 0 Å². The molecule has 2 aromatic carbocycles. The predicted octanol–water partition coefficient (Wildman–Crippen LogP) is 2.53. The van der Waals surface area contributed by atoms with Crippen LogP contribution in [-0.4, -0.2) is 25.3 Å². The van der Waals surface area contributed by atoms with Crippen LogP contribution in [0.3, 0.4) is 0 Å².